The third-order valence-corrected chi connectivity index (χ3v) is 1.13. The summed E-state index contributed by atoms with van der Waals surface area (Å²) in [6.07, 6.45) is 0. The van der Waals surface area contributed by atoms with E-state index >= 15 is 0 Å². The maximum atomic E-state index is 12.6. The molecule has 0 aliphatic carbocycles. The average molecular weight is 169 g/mol. The molecule has 0 unspecified atom stereocenters. The molecule has 0 spiro atoms. The Bertz CT molecular complexity index is 314. The molecule has 0 aromatic heterocycles. The van der Waals surface area contributed by atoms with Gasteiger partial charge in [0.15, 0.2) is 5.82 Å². The third-order valence-electron chi connectivity index (χ3n) is 1.13. The third kappa shape index (κ3) is 1.91. The van der Waals surface area contributed by atoms with Gasteiger partial charge < -0.3 is 0 Å². The zero-order chi connectivity index (χ0) is 9.14. The summed E-state index contributed by atoms with van der Waals surface area (Å²) in [5.74, 6) is -1.76. The van der Waals surface area contributed by atoms with E-state index in [-0.39, 0.29) is 5.69 Å². The quantitative estimate of drug-likeness (QED) is 0.626. The van der Waals surface area contributed by atoms with Gasteiger partial charge in [0.25, 0.3) is 0 Å². The fraction of sp³-hybridized carbons (Fsp3) is 0. The maximum absolute atomic E-state index is 12.6. The van der Waals surface area contributed by atoms with Gasteiger partial charge in [0.2, 0.25) is 0 Å². The molecular formula is C7H3F2N2O. The fourth-order valence-corrected chi connectivity index (χ4v) is 0.675. The normalized spacial score (nSPS) is 9.50. The van der Waals surface area contributed by atoms with Crippen LogP contribution in [0.3, 0.4) is 0 Å². The molecule has 3 nitrogen and oxygen atoms in total. The number of nitrogens with zero attached hydrogens (tertiary/aromatic N) is 2. The predicted molar refractivity (Wildman–Crippen MR) is 35.7 cm³/mol. The minimum absolute atomic E-state index is 0.385. The molecular weight excluding hydrogens is 166 g/mol. The second-order valence-electron chi connectivity index (χ2n) is 1.99. The van der Waals surface area contributed by atoms with Crippen LogP contribution in [0.25, 0.3) is 0 Å². The van der Waals surface area contributed by atoms with Crippen molar-refractivity contribution in [3.05, 3.63) is 29.8 Å². The number of urea groups is 1. The molecule has 0 saturated heterocycles. The summed E-state index contributed by atoms with van der Waals surface area (Å²) in [6.45, 7) is 0. The molecule has 1 aromatic carbocycles. The Morgan fingerprint density at radius 3 is 2.58 bits per heavy atom. The molecule has 0 heterocycles. The molecule has 61 valence electrons. The van der Waals surface area contributed by atoms with Crippen LogP contribution in [0.15, 0.2) is 18.2 Å². The molecule has 1 rings (SSSR count). The highest BCUT2D eigenvalue weighted by molar-refractivity contribution is 5.76. The highest BCUT2D eigenvalue weighted by Gasteiger charge is 2.07. The lowest BCUT2D eigenvalue weighted by molar-refractivity contribution is 0.250. The topological polar surface area (TPSA) is 53.5 Å². The lowest BCUT2D eigenvalue weighted by atomic mass is 10.3. The van der Waals surface area contributed by atoms with Crippen molar-refractivity contribution in [3.63, 3.8) is 0 Å². The monoisotopic (exact) mass is 169 g/mol. The smallest absolute Gasteiger partial charge is 0.242 e. The van der Waals surface area contributed by atoms with E-state index in [1.54, 1.807) is 0 Å². The molecule has 1 aromatic rings. The summed E-state index contributed by atoms with van der Waals surface area (Å²) >= 11 is 0. The molecule has 0 bridgehead atoms. The standard InChI is InChI=1S/C7H3F2N2O/c8-4-1-2-6(5(9)3-4)11-7(10)12/h1-3H. The summed E-state index contributed by atoms with van der Waals surface area (Å²) in [4.78, 5) is 9.98. The Hall–Kier alpha value is -1.65. The van der Waals surface area contributed by atoms with E-state index in [9.17, 15) is 13.6 Å². The van der Waals surface area contributed by atoms with E-state index in [0.717, 1.165) is 12.1 Å². The van der Waals surface area contributed by atoms with E-state index in [2.05, 4.69) is 5.32 Å². The second kappa shape index (κ2) is 3.17. The first kappa shape index (κ1) is 8.45. The van der Waals surface area contributed by atoms with Gasteiger partial charge in [0.05, 0.1) is 0 Å². The summed E-state index contributed by atoms with van der Waals surface area (Å²) in [5, 5.41) is 2.88. The van der Waals surface area contributed by atoms with Gasteiger partial charge in [-0.25, -0.2) is 13.6 Å². The summed E-state index contributed by atoms with van der Waals surface area (Å²) in [6, 6.07) is 0.950. The van der Waals surface area contributed by atoms with Crippen LogP contribution in [0.5, 0.6) is 0 Å². The largest absolute Gasteiger partial charge is 0.386 e. The summed E-state index contributed by atoms with van der Waals surface area (Å²) in [5.41, 5.74) is 7.75. The Kier molecular flexibility index (Phi) is 2.23. The molecule has 2 amide bonds. The fourth-order valence-electron chi connectivity index (χ4n) is 0.675. The minimum Gasteiger partial charge on any atom is -0.242 e. The molecule has 0 aliphatic rings. The first-order valence-electron chi connectivity index (χ1n) is 2.99. The van der Waals surface area contributed by atoms with Gasteiger partial charge in [0.1, 0.15) is 11.5 Å². The Balaban J connectivity index is 2.93. The number of hydrogen-bond donors (Lipinski definition) is 0. The van der Waals surface area contributed by atoms with Crippen LogP contribution in [-0.2, 0) is 0 Å². The zero-order valence-corrected chi connectivity index (χ0v) is 5.79. The SMILES string of the molecule is [N]C(=O)[N]c1ccc(F)cc1F. The number of halogens is 2. The van der Waals surface area contributed by atoms with Crippen LogP contribution >= 0.6 is 0 Å². The number of amides is 2. The average Bonchev–Trinajstić information content (AvgIpc) is 1.94. The first-order valence-corrected chi connectivity index (χ1v) is 2.99. The van der Waals surface area contributed by atoms with E-state index in [0.29, 0.717) is 6.07 Å². The van der Waals surface area contributed by atoms with E-state index < -0.39 is 17.7 Å². The number of carbonyl (C=O) groups excluding carboxylic acids is 1. The van der Waals surface area contributed by atoms with Crippen molar-refractivity contribution < 1.29 is 13.6 Å². The van der Waals surface area contributed by atoms with Crippen LogP contribution in [0.1, 0.15) is 0 Å². The number of benzene rings is 1. The van der Waals surface area contributed by atoms with Crippen LogP contribution in [0.4, 0.5) is 19.3 Å². The lowest BCUT2D eigenvalue weighted by Crippen LogP contribution is -2.09. The van der Waals surface area contributed by atoms with Gasteiger partial charge in [-0.05, 0) is 12.1 Å². The van der Waals surface area contributed by atoms with Gasteiger partial charge in [-0.3, -0.25) is 0 Å². The van der Waals surface area contributed by atoms with Crippen molar-refractivity contribution in [3.8, 4) is 0 Å². The minimum atomic E-state index is -1.51. The van der Waals surface area contributed by atoms with Crippen molar-refractivity contribution in [2.45, 2.75) is 0 Å². The summed E-state index contributed by atoms with van der Waals surface area (Å²) < 4.78 is 24.9. The van der Waals surface area contributed by atoms with Crippen LogP contribution < -0.4 is 11.1 Å². The zero-order valence-electron chi connectivity index (χ0n) is 5.79. The van der Waals surface area contributed by atoms with Crippen molar-refractivity contribution in [1.29, 1.82) is 0 Å². The number of carbonyl (C=O) groups is 1. The molecule has 3 radical (unpaired) electrons. The number of hydrogen-bond acceptors (Lipinski definition) is 1. The van der Waals surface area contributed by atoms with Gasteiger partial charge >= 0.3 is 6.03 Å². The van der Waals surface area contributed by atoms with Gasteiger partial charge in [-0.2, -0.15) is 5.32 Å². The van der Waals surface area contributed by atoms with E-state index in [4.69, 9.17) is 5.73 Å². The lowest BCUT2D eigenvalue weighted by Gasteiger charge is -1.97. The van der Waals surface area contributed by atoms with Crippen molar-refractivity contribution in [2.75, 3.05) is 0 Å². The van der Waals surface area contributed by atoms with Crippen molar-refractivity contribution in [1.82, 2.24) is 11.1 Å². The number of rotatable bonds is 1. The Morgan fingerprint density at radius 1 is 1.42 bits per heavy atom. The predicted octanol–water partition coefficient (Wildman–Crippen LogP) is 1.39. The molecule has 12 heavy (non-hydrogen) atoms. The first-order chi connectivity index (χ1) is 5.59. The highest BCUT2D eigenvalue weighted by Crippen LogP contribution is 2.14. The van der Waals surface area contributed by atoms with Gasteiger partial charge in [0, 0.05) is 6.07 Å². The maximum Gasteiger partial charge on any atom is 0.386 e. The Labute approximate surface area is 67.2 Å². The van der Waals surface area contributed by atoms with Gasteiger partial charge in [-0.1, -0.05) is 5.73 Å². The van der Waals surface area contributed by atoms with Crippen LogP contribution in [0.2, 0.25) is 0 Å². The Morgan fingerprint density at radius 2 is 2.08 bits per heavy atom. The highest BCUT2D eigenvalue weighted by atomic mass is 19.1. The molecule has 0 atom stereocenters. The second-order valence-corrected chi connectivity index (χ2v) is 1.99. The van der Waals surface area contributed by atoms with E-state index in [1.165, 1.54) is 0 Å². The summed E-state index contributed by atoms with van der Waals surface area (Å²) in [7, 11) is 0. The molecule has 0 saturated carbocycles. The molecule has 0 aliphatic heterocycles. The van der Waals surface area contributed by atoms with E-state index in [1.807, 2.05) is 0 Å². The molecule has 0 N–H and O–H groups in total. The van der Waals surface area contributed by atoms with Crippen molar-refractivity contribution >= 4 is 11.7 Å². The van der Waals surface area contributed by atoms with Gasteiger partial charge in [-0.15, -0.1) is 0 Å². The molecule has 5 heteroatoms. The van der Waals surface area contributed by atoms with Crippen LogP contribution in [0, 0.1) is 11.6 Å². The van der Waals surface area contributed by atoms with Crippen LogP contribution in [-0.4, -0.2) is 6.03 Å². The molecule has 0 fully saturated rings. The van der Waals surface area contributed by atoms with Crippen molar-refractivity contribution in [2.24, 2.45) is 0 Å².